The van der Waals surface area contributed by atoms with Gasteiger partial charge in [-0.2, -0.15) is 0 Å². The molecule has 2 aliphatic carbocycles. The van der Waals surface area contributed by atoms with Crippen molar-refractivity contribution in [2.45, 2.75) is 38.5 Å². The minimum absolute atomic E-state index is 0.00336. The number of carbonyl (C=O) groups excluding carboxylic acids is 1. The van der Waals surface area contributed by atoms with Crippen LogP contribution >= 0.6 is 0 Å². The summed E-state index contributed by atoms with van der Waals surface area (Å²) in [6, 6.07) is -0.371. The number of nitrogens with one attached hydrogen (secondary N) is 2. The number of likely N-dealkylation sites (tertiary alicyclic amines) is 1. The van der Waals surface area contributed by atoms with Crippen molar-refractivity contribution >= 4 is 22.0 Å². The van der Waals surface area contributed by atoms with E-state index in [1.54, 1.807) is 0 Å². The molecule has 1 saturated heterocycles. The van der Waals surface area contributed by atoms with Gasteiger partial charge in [0.25, 0.3) is 0 Å². The Morgan fingerprint density at radius 2 is 1.96 bits per heavy atom. The van der Waals surface area contributed by atoms with E-state index in [9.17, 15) is 23.1 Å². The van der Waals surface area contributed by atoms with Crippen LogP contribution < -0.4 is 10.0 Å². The molecule has 2 saturated carbocycles. The summed E-state index contributed by atoms with van der Waals surface area (Å²) >= 11 is 0. The summed E-state index contributed by atoms with van der Waals surface area (Å²) in [5.74, 6) is -0.537. The fourth-order valence-corrected chi connectivity index (χ4v) is 5.22. The number of amides is 2. The molecule has 2 atom stereocenters. The van der Waals surface area contributed by atoms with E-state index in [1.807, 2.05) is 0 Å². The fourth-order valence-electron chi connectivity index (χ4n) is 4.21. The maximum atomic E-state index is 12.3. The van der Waals surface area contributed by atoms with E-state index in [0.717, 1.165) is 32.1 Å². The predicted molar refractivity (Wildman–Crippen MR) is 91.5 cm³/mol. The van der Waals surface area contributed by atoms with Gasteiger partial charge in [0.15, 0.2) is 0 Å². The molecule has 0 aromatic rings. The number of fused-ring (bicyclic) bond motifs is 1. The summed E-state index contributed by atoms with van der Waals surface area (Å²) in [6.45, 7) is 1.15. The summed E-state index contributed by atoms with van der Waals surface area (Å²) in [7, 11) is -3.39. The van der Waals surface area contributed by atoms with Crippen molar-refractivity contribution in [1.82, 2.24) is 14.9 Å². The van der Waals surface area contributed by atoms with Crippen LogP contribution in [0.1, 0.15) is 38.5 Å². The molecule has 1 aliphatic heterocycles. The summed E-state index contributed by atoms with van der Waals surface area (Å²) in [5.41, 5.74) is -0.812. The van der Waals surface area contributed by atoms with E-state index in [2.05, 4.69) is 10.0 Å². The number of sulfonamides is 1. The molecule has 1 heterocycles. The largest absolute Gasteiger partial charge is 0.481 e. The Labute approximate surface area is 148 Å². The highest BCUT2D eigenvalue weighted by Crippen LogP contribution is 2.48. The van der Waals surface area contributed by atoms with Gasteiger partial charge in [0.1, 0.15) is 0 Å². The van der Waals surface area contributed by atoms with Crippen LogP contribution in [0.5, 0.6) is 0 Å². The number of aliphatic carboxylic acids is 1. The Bertz CT molecular complexity index is 634. The van der Waals surface area contributed by atoms with Gasteiger partial charge in [0, 0.05) is 26.2 Å². The Kier molecular flexibility index (Phi) is 5.24. The second-order valence-electron chi connectivity index (χ2n) is 7.63. The van der Waals surface area contributed by atoms with Gasteiger partial charge >= 0.3 is 12.0 Å². The molecule has 0 radical (unpaired) electrons. The van der Waals surface area contributed by atoms with Gasteiger partial charge in [-0.25, -0.2) is 17.9 Å². The fraction of sp³-hybridized carbons (Fsp3) is 0.875. The Hall–Kier alpha value is -1.35. The third-order valence-electron chi connectivity index (χ3n) is 6.05. The lowest BCUT2D eigenvalue weighted by Crippen LogP contribution is -2.44. The van der Waals surface area contributed by atoms with Crippen LogP contribution in [-0.2, 0) is 14.8 Å². The van der Waals surface area contributed by atoms with Gasteiger partial charge in [-0.1, -0.05) is 12.8 Å². The summed E-state index contributed by atoms with van der Waals surface area (Å²) < 4.78 is 26.4. The van der Waals surface area contributed by atoms with E-state index in [1.165, 1.54) is 4.90 Å². The SMILES string of the molecule is O=C(NCCS(=O)(=O)NCC1CCC1)N1C[C@@H]2CCC[C@@]2(C(=O)O)C1. The Morgan fingerprint density at radius 3 is 2.56 bits per heavy atom. The lowest BCUT2D eigenvalue weighted by Gasteiger charge is -2.25. The first-order valence-electron chi connectivity index (χ1n) is 9.06. The lowest BCUT2D eigenvalue weighted by molar-refractivity contribution is -0.149. The van der Waals surface area contributed by atoms with Crippen LogP contribution in [0.4, 0.5) is 4.79 Å². The molecule has 25 heavy (non-hydrogen) atoms. The van der Waals surface area contributed by atoms with Crippen LogP contribution in [0.25, 0.3) is 0 Å². The molecular formula is C16H27N3O5S. The van der Waals surface area contributed by atoms with Crippen LogP contribution in [0.3, 0.4) is 0 Å². The van der Waals surface area contributed by atoms with Gasteiger partial charge in [-0.3, -0.25) is 4.79 Å². The normalized spacial score (nSPS) is 29.3. The van der Waals surface area contributed by atoms with Crippen LogP contribution in [0, 0.1) is 17.3 Å². The smallest absolute Gasteiger partial charge is 0.317 e. The highest BCUT2D eigenvalue weighted by atomic mass is 32.2. The number of urea groups is 1. The van der Waals surface area contributed by atoms with Crippen LogP contribution in [0.2, 0.25) is 0 Å². The maximum absolute atomic E-state index is 12.3. The average Bonchev–Trinajstić information content (AvgIpc) is 3.02. The van der Waals surface area contributed by atoms with Crippen molar-refractivity contribution in [3.63, 3.8) is 0 Å². The molecule has 0 unspecified atom stereocenters. The molecule has 3 fully saturated rings. The highest BCUT2D eigenvalue weighted by Gasteiger charge is 2.55. The molecule has 3 N–H and O–H groups in total. The van der Waals surface area contributed by atoms with Crippen molar-refractivity contribution in [1.29, 1.82) is 0 Å². The van der Waals surface area contributed by atoms with Crippen molar-refractivity contribution in [3.05, 3.63) is 0 Å². The monoisotopic (exact) mass is 373 g/mol. The zero-order chi connectivity index (χ0) is 18.1. The van der Waals surface area contributed by atoms with Crippen molar-refractivity contribution in [3.8, 4) is 0 Å². The molecule has 2 amide bonds. The van der Waals surface area contributed by atoms with E-state index < -0.39 is 21.4 Å². The van der Waals surface area contributed by atoms with Gasteiger partial charge in [0.2, 0.25) is 10.0 Å². The minimum Gasteiger partial charge on any atom is -0.481 e. The molecule has 9 heteroatoms. The lowest BCUT2D eigenvalue weighted by atomic mass is 9.81. The molecule has 0 spiro atoms. The van der Waals surface area contributed by atoms with Crippen molar-refractivity contribution in [2.24, 2.45) is 17.3 Å². The molecule has 0 bridgehead atoms. The minimum atomic E-state index is -3.39. The van der Waals surface area contributed by atoms with Gasteiger partial charge < -0.3 is 15.3 Å². The summed E-state index contributed by atoms with van der Waals surface area (Å²) in [5, 5.41) is 12.2. The number of nitrogens with zero attached hydrogens (tertiary/aromatic N) is 1. The van der Waals surface area contributed by atoms with Gasteiger partial charge in [-0.15, -0.1) is 0 Å². The molecule has 0 aromatic carbocycles. The maximum Gasteiger partial charge on any atom is 0.317 e. The predicted octanol–water partition coefficient (Wildman–Crippen LogP) is 0.602. The zero-order valence-corrected chi connectivity index (χ0v) is 15.2. The number of hydrogen-bond donors (Lipinski definition) is 3. The molecular weight excluding hydrogens is 346 g/mol. The van der Waals surface area contributed by atoms with Gasteiger partial charge in [0.05, 0.1) is 11.2 Å². The van der Waals surface area contributed by atoms with Crippen LogP contribution in [0.15, 0.2) is 0 Å². The molecule has 8 nitrogen and oxygen atoms in total. The molecule has 0 aromatic heterocycles. The van der Waals surface area contributed by atoms with E-state index in [-0.39, 0.29) is 30.8 Å². The Balaban J connectivity index is 1.43. The zero-order valence-electron chi connectivity index (χ0n) is 14.4. The second-order valence-corrected chi connectivity index (χ2v) is 9.55. The first-order chi connectivity index (χ1) is 11.8. The first kappa shape index (κ1) is 18.4. The van der Waals surface area contributed by atoms with Crippen LogP contribution in [-0.4, -0.2) is 62.4 Å². The number of carboxylic acid groups (broad SMARTS) is 1. The molecule has 3 rings (SSSR count). The standard InChI is InChI=1S/C16H27N3O5S/c20-14(21)16-6-2-5-13(16)10-19(11-16)15(22)17-7-8-25(23,24)18-9-12-3-1-4-12/h12-13,18H,1-11H2,(H,17,22)(H,20,21)/t13-,16+/m0/s1. The number of carboxylic acids is 1. The molecule has 142 valence electrons. The summed E-state index contributed by atoms with van der Waals surface area (Å²) in [6.07, 6.45) is 5.63. The Morgan fingerprint density at radius 1 is 1.20 bits per heavy atom. The number of rotatable bonds is 7. The van der Waals surface area contributed by atoms with Crippen molar-refractivity contribution < 1.29 is 23.1 Å². The average molecular weight is 373 g/mol. The van der Waals surface area contributed by atoms with Gasteiger partial charge in [-0.05, 0) is 37.5 Å². The van der Waals surface area contributed by atoms with E-state index >= 15 is 0 Å². The van der Waals surface area contributed by atoms with E-state index in [4.69, 9.17) is 0 Å². The van der Waals surface area contributed by atoms with Crippen molar-refractivity contribution in [2.75, 3.05) is 31.9 Å². The molecule has 3 aliphatic rings. The first-order valence-corrected chi connectivity index (χ1v) is 10.7. The quantitative estimate of drug-likeness (QED) is 0.604. The number of hydrogen-bond acceptors (Lipinski definition) is 4. The summed E-state index contributed by atoms with van der Waals surface area (Å²) in [4.78, 5) is 25.4. The number of carbonyl (C=O) groups is 2. The third kappa shape index (κ3) is 3.92. The third-order valence-corrected chi connectivity index (χ3v) is 7.40. The highest BCUT2D eigenvalue weighted by molar-refractivity contribution is 7.89. The van der Waals surface area contributed by atoms with E-state index in [0.29, 0.717) is 25.4 Å². The second kappa shape index (κ2) is 7.11. The topological polar surface area (TPSA) is 116 Å².